The number of hydrogen-bond acceptors (Lipinski definition) is 2. The number of nitrogen functional groups attached to an aromatic ring is 1. The molecule has 5 heteroatoms. The second kappa shape index (κ2) is 3.07. The lowest BCUT2D eigenvalue weighted by atomic mass is 10.2. The highest BCUT2D eigenvalue weighted by Crippen LogP contribution is 2.16. The molecule has 0 amide bonds. The van der Waals surface area contributed by atoms with Crippen LogP contribution in [0.5, 0.6) is 0 Å². The summed E-state index contributed by atoms with van der Waals surface area (Å²) in [5.41, 5.74) is 5.60. The van der Waals surface area contributed by atoms with E-state index in [9.17, 15) is 0 Å². The zero-order chi connectivity index (χ0) is 8.43. The molecule has 0 fully saturated rings. The number of aromatic nitrogens is 1. The molecule has 0 radical (unpaired) electrons. The van der Waals surface area contributed by atoms with Crippen LogP contribution in [0.15, 0.2) is 12.3 Å². The molecule has 0 bridgehead atoms. The van der Waals surface area contributed by atoms with Crippen LogP contribution in [0.1, 0.15) is 5.56 Å². The summed E-state index contributed by atoms with van der Waals surface area (Å²) in [4.78, 5) is 3.70. The van der Waals surface area contributed by atoms with Crippen LogP contribution in [-0.4, -0.2) is 10.8 Å². The Morgan fingerprint density at radius 1 is 1.55 bits per heavy atom. The molecule has 0 aliphatic rings. The quantitative estimate of drug-likeness (QED) is 0.402. The predicted molar refractivity (Wildman–Crippen MR) is 45.3 cm³/mol. The zero-order valence-electron chi connectivity index (χ0n) is 5.44. The first-order valence-electron chi connectivity index (χ1n) is 2.76. The molecule has 0 atom stereocenters. The number of nitrogens with two attached hydrogens (primary N) is 1. The molecule has 3 nitrogen and oxygen atoms in total. The summed E-state index contributed by atoms with van der Waals surface area (Å²) >= 11 is 11.2. The molecule has 1 aromatic heterocycles. The van der Waals surface area contributed by atoms with Crippen molar-refractivity contribution in [1.82, 2.24) is 4.98 Å². The first kappa shape index (κ1) is 8.30. The fourth-order valence-electron chi connectivity index (χ4n) is 0.620. The molecule has 0 saturated carbocycles. The minimum absolute atomic E-state index is 0.112. The summed E-state index contributed by atoms with van der Waals surface area (Å²) in [6.07, 6.45) is 1.36. The highest BCUT2D eigenvalue weighted by atomic mass is 35.5. The van der Waals surface area contributed by atoms with Crippen LogP contribution in [0.25, 0.3) is 0 Å². The molecule has 1 aromatic rings. The molecule has 3 N–H and O–H groups in total. The van der Waals surface area contributed by atoms with Crippen LogP contribution in [-0.2, 0) is 0 Å². The lowest BCUT2D eigenvalue weighted by molar-refractivity contribution is 1.30. The molecule has 58 valence electrons. The first-order valence-corrected chi connectivity index (χ1v) is 3.52. The Kier molecular flexibility index (Phi) is 2.31. The molecule has 0 aromatic carbocycles. The SMILES string of the molecule is N=C(N)c1cc(Cl)ncc1Cl. The van der Waals surface area contributed by atoms with Gasteiger partial charge < -0.3 is 5.73 Å². The molecule has 11 heavy (non-hydrogen) atoms. The monoisotopic (exact) mass is 189 g/mol. The van der Waals surface area contributed by atoms with Gasteiger partial charge in [-0.25, -0.2) is 4.98 Å². The van der Waals surface area contributed by atoms with E-state index in [0.29, 0.717) is 10.6 Å². The van der Waals surface area contributed by atoms with Gasteiger partial charge in [0.1, 0.15) is 11.0 Å². The van der Waals surface area contributed by atoms with Crippen LogP contribution in [0.3, 0.4) is 0 Å². The van der Waals surface area contributed by atoms with Gasteiger partial charge in [0.15, 0.2) is 0 Å². The average molecular weight is 190 g/mol. The third-order valence-electron chi connectivity index (χ3n) is 1.11. The van der Waals surface area contributed by atoms with Crippen LogP contribution >= 0.6 is 23.2 Å². The Bertz CT molecular complexity index is 298. The lowest BCUT2D eigenvalue weighted by Crippen LogP contribution is -2.11. The van der Waals surface area contributed by atoms with E-state index in [2.05, 4.69) is 4.98 Å². The number of nitrogens with zero attached hydrogens (tertiary/aromatic N) is 1. The topological polar surface area (TPSA) is 62.8 Å². The third-order valence-corrected chi connectivity index (χ3v) is 1.62. The van der Waals surface area contributed by atoms with Gasteiger partial charge in [0.2, 0.25) is 0 Å². The van der Waals surface area contributed by atoms with Gasteiger partial charge in [-0.2, -0.15) is 0 Å². The number of amidine groups is 1. The lowest BCUT2D eigenvalue weighted by Gasteiger charge is -1.99. The standard InChI is InChI=1S/C6H5Cl2N3/c7-4-2-11-5(8)1-3(4)6(9)10/h1-2H,(H3,9,10). The van der Waals surface area contributed by atoms with E-state index in [0.717, 1.165) is 0 Å². The second-order valence-corrected chi connectivity index (χ2v) is 2.69. The predicted octanol–water partition coefficient (Wildman–Crippen LogP) is 1.67. The molecule has 0 unspecified atom stereocenters. The van der Waals surface area contributed by atoms with E-state index in [1.807, 2.05) is 0 Å². The van der Waals surface area contributed by atoms with Crippen LogP contribution in [0.2, 0.25) is 10.2 Å². The molecule has 1 heterocycles. The van der Waals surface area contributed by atoms with Gasteiger partial charge in [-0.05, 0) is 6.07 Å². The maximum absolute atomic E-state index is 7.08. The van der Waals surface area contributed by atoms with Gasteiger partial charge in [0.05, 0.1) is 5.02 Å². The molecule has 0 aliphatic heterocycles. The summed E-state index contributed by atoms with van der Waals surface area (Å²) < 4.78 is 0. The van der Waals surface area contributed by atoms with Crippen molar-refractivity contribution in [3.05, 3.63) is 28.0 Å². The number of nitrogens with one attached hydrogen (secondary N) is 1. The van der Waals surface area contributed by atoms with E-state index in [1.54, 1.807) is 0 Å². The van der Waals surface area contributed by atoms with Crippen LogP contribution < -0.4 is 5.73 Å². The maximum Gasteiger partial charge on any atom is 0.129 e. The van der Waals surface area contributed by atoms with E-state index in [4.69, 9.17) is 34.3 Å². The fourth-order valence-corrected chi connectivity index (χ4v) is 0.983. The third kappa shape index (κ3) is 1.82. The molecule has 1 rings (SSSR count). The van der Waals surface area contributed by atoms with Crippen molar-refractivity contribution in [1.29, 1.82) is 5.41 Å². The summed E-state index contributed by atoms with van der Waals surface area (Å²) in [6, 6.07) is 1.45. The van der Waals surface area contributed by atoms with Gasteiger partial charge in [0.25, 0.3) is 0 Å². The Morgan fingerprint density at radius 3 is 2.64 bits per heavy atom. The number of halogens is 2. The highest BCUT2D eigenvalue weighted by Gasteiger charge is 2.03. The van der Waals surface area contributed by atoms with Crippen molar-refractivity contribution in [2.24, 2.45) is 5.73 Å². The first-order chi connectivity index (χ1) is 5.11. The Labute approximate surface area is 73.6 Å². The fraction of sp³-hybridized carbons (Fsp3) is 0. The highest BCUT2D eigenvalue weighted by molar-refractivity contribution is 6.35. The maximum atomic E-state index is 7.08. The molecular weight excluding hydrogens is 185 g/mol. The number of hydrogen-bond donors (Lipinski definition) is 2. The smallest absolute Gasteiger partial charge is 0.129 e. The molecule has 0 spiro atoms. The Hall–Kier alpha value is -0.800. The van der Waals surface area contributed by atoms with E-state index < -0.39 is 0 Å². The second-order valence-electron chi connectivity index (χ2n) is 1.90. The van der Waals surface area contributed by atoms with E-state index in [-0.39, 0.29) is 11.0 Å². The molecular formula is C6H5Cl2N3. The minimum atomic E-state index is -0.112. The zero-order valence-corrected chi connectivity index (χ0v) is 6.95. The Morgan fingerprint density at radius 2 is 2.18 bits per heavy atom. The summed E-state index contributed by atoms with van der Waals surface area (Å²) in [7, 11) is 0. The van der Waals surface area contributed by atoms with Crippen molar-refractivity contribution in [3.63, 3.8) is 0 Å². The number of rotatable bonds is 1. The van der Waals surface area contributed by atoms with Crippen molar-refractivity contribution in [2.75, 3.05) is 0 Å². The van der Waals surface area contributed by atoms with Crippen LogP contribution in [0, 0.1) is 5.41 Å². The number of pyridine rings is 1. The summed E-state index contributed by atoms with van der Waals surface area (Å²) in [5, 5.41) is 7.69. The van der Waals surface area contributed by atoms with Crippen molar-refractivity contribution in [2.45, 2.75) is 0 Å². The normalized spacial score (nSPS) is 9.64. The summed E-state index contributed by atoms with van der Waals surface area (Å²) in [5.74, 6) is -0.112. The van der Waals surface area contributed by atoms with Gasteiger partial charge in [0, 0.05) is 11.8 Å². The molecule has 0 aliphatic carbocycles. The van der Waals surface area contributed by atoms with Gasteiger partial charge in [-0.15, -0.1) is 0 Å². The largest absolute Gasteiger partial charge is 0.384 e. The van der Waals surface area contributed by atoms with E-state index in [1.165, 1.54) is 12.3 Å². The minimum Gasteiger partial charge on any atom is -0.384 e. The summed E-state index contributed by atoms with van der Waals surface area (Å²) in [6.45, 7) is 0. The average Bonchev–Trinajstić information content (AvgIpc) is 1.94. The van der Waals surface area contributed by atoms with Gasteiger partial charge >= 0.3 is 0 Å². The Balaban J connectivity index is 3.23. The van der Waals surface area contributed by atoms with Crippen LogP contribution in [0.4, 0.5) is 0 Å². The van der Waals surface area contributed by atoms with Gasteiger partial charge in [-0.3, -0.25) is 5.41 Å². The van der Waals surface area contributed by atoms with Gasteiger partial charge in [-0.1, -0.05) is 23.2 Å². The van der Waals surface area contributed by atoms with Crippen molar-refractivity contribution in [3.8, 4) is 0 Å². The van der Waals surface area contributed by atoms with Crippen molar-refractivity contribution < 1.29 is 0 Å². The molecule has 0 saturated heterocycles. The van der Waals surface area contributed by atoms with Crippen molar-refractivity contribution >= 4 is 29.0 Å². The van der Waals surface area contributed by atoms with E-state index >= 15 is 0 Å².